The topological polar surface area (TPSA) is 87.1 Å². The third-order valence-corrected chi connectivity index (χ3v) is 6.50. The Hall–Kier alpha value is -2.57. The molecule has 2 saturated carbocycles. The van der Waals surface area contributed by atoms with Gasteiger partial charge in [-0.3, -0.25) is 0 Å². The van der Waals surface area contributed by atoms with E-state index in [1.165, 1.54) is 24.8 Å². The van der Waals surface area contributed by atoms with E-state index >= 15 is 0 Å². The molecule has 31 heavy (non-hydrogen) atoms. The van der Waals surface area contributed by atoms with Crippen LogP contribution in [0, 0.1) is 5.92 Å². The monoisotopic (exact) mass is 420 g/mol. The van der Waals surface area contributed by atoms with Gasteiger partial charge in [0.05, 0.1) is 0 Å². The second-order valence-electron chi connectivity index (χ2n) is 8.75. The highest BCUT2D eigenvalue weighted by molar-refractivity contribution is 5.82. The van der Waals surface area contributed by atoms with Gasteiger partial charge in [0, 0.05) is 42.6 Å². The molecule has 0 unspecified atom stereocenters. The number of carbonyl (C=O) groups is 1. The number of aromatic nitrogens is 2. The minimum absolute atomic E-state index is 0.154. The van der Waals surface area contributed by atoms with Gasteiger partial charge in [0.1, 0.15) is 0 Å². The predicted molar refractivity (Wildman–Crippen MR) is 122 cm³/mol. The van der Waals surface area contributed by atoms with Crippen LogP contribution in [0.4, 0.5) is 0 Å². The number of benzene rings is 1. The molecule has 1 heterocycles. The van der Waals surface area contributed by atoms with Gasteiger partial charge in [0.15, 0.2) is 0 Å². The van der Waals surface area contributed by atoms with Crippen molar-refractivity contribution >= 4 is 12.0 Å². The first-order valence-corrected chi connectivity index (χ1v) is 11.4. The third-order valence-electron chi connectivity index (χ3n) is 6.50. The van der Waals surface area contributed by atoms with Crippen LogP contribution in [0.3, 0.4) is 0 Å². The Morgan fingerprint density at radius 3 is 2.42 bits per heavy atom. The van der Waals surface area contributed by atoms with Crippen LogP contribution in [0.15, 0.2) is 48.3 Å². The first kappa shape index (κ1) is 21.7. The lowest BCUT2D eigenvalue weighted by atomic mass is 9.91. The molecule has 0 aliphatic heterocycles. The van der Waals surface area contributed by atoms with Crippen LogP contribution in [0.5, 0.6) is 0 Å². The van der Waals surface area contributed by atoms with E-state index in [1.807, 2.05) is 0 Å². The van der Waals surface area contributed by atoms with Gasteiger partial charge in [0.2, 0.25) is 5.82 Å². The van der Waals surface area contributed by atoms with Crippen molar-refractivity contribution in [3.63, 3.8) is 0 Å². The molecule has 3 N–H and O–H groups in total. The Morgan fingerprint density at radius 2 is 1.77 bits per heavy atom. The van der Waals surface area contributed by atoms with Crippen molar-refractivity contribution < 1.29 is 9.90 Å². The summed E-state index contributed by atoms with van der Waals surface area (Å²) in [6, 6.07) is 12.4. The molecule has 2 aromatic rings. The zero-order chi connectivity index (χ0) is 21.6. The lowest BCUT2D eigenvalue weighted by Gasteiger charge is -2.30. The summed E-state index contributed by atoms with van der Waals surface area (Å²) in [7, 11) is 0. The minimum atomic E-state index is -1.09. The molecule has 4 rings (SSSR count). The molecule has 0 radical (unpaired) electrons. The van der Waals surface area contributed by atoms with Crippen molar-refractivity contribution in [1.29, 1.82) is 0 Å². The van der Waals surface area contributed by atoms with Crippen LogP contribution in [0.2, 0.25) is 0 Å². The van der Waals surface area contributed by atoms with Gasteiger partial charge in [-0.15, -0.1) is 0 Å². The van der Waals surface area contributed by atoms with E-state index < -0.39 is 5.97 Å². The summed E-state index contributed by atoms with van der Waals surface area (Å²) in [5, 5.41) is 16.4. The van der Waals surface area contributed by atoms with E-state index in [-0.39, 0.29) is 5.82 Å². The molecule has 2 aliphatic rings. The molecule has 2 aliphatic carbocycles. The van der Waals surface area contributed by atoms with Crippen LogP contribution >= 0.6 is 0 Å². The third kappa shape index (κ3) is 5.99. The molecule has 164 valence electrons. The second-order valence-corrected chi connectivity index (χ2v) is 8.75. The summed E-state index contributed by atoms with van der Waals surface area (Å²) >= 11 is 0. The van der Waals surface area contributed by atoms with Gasteiger partial charge in [-0.1, -0.05) is 48.9 Å². The van der Waals surface area contributed by atoms with Crippen molar-refractivity contribution in [2.24, 2.45) is 5.92 Å². The zero-order valence-corrected chi connectivity index (χ0v) is 18.1. The number of carboxylic acids is 1. The molecular weight excluding hydrogens is 388 g/mol. The Balaban J connectivity index is 1.18. The maximum atomic E-state index is 10.8. The quantitative estimate of drug-likeness (QED) is 0.567. The molecule has 6 heteroatoms. The van der Waals surface area contributed by atoms with Gasteiger partial charge in [-0.2, -0.15) is 0 Å². The SMILES string of the molecule is CC/C(=C\c1ccccc1)[C@@H]1C[C@H]1N[C@H]1CC[C@H](NCc2cnc(C(=O)O)nc2)CC1. The Morgan fingerprint density at radius 1 is 1.10 bits per heavy atom. The van der Waals surface area contributed by atoms with Gasteiger partial charge in [-0.05, 0) is 50.0 Å². The summed E-state index contributed by atoms with van der Waals surface area (Å²) in [4.78, 5) is 18.6. The average Bonchev–Trinajstić information content (AvgIpc) is 3.56. The van der Waals surface area contributed by atoms with Crippen molar-refractivity contribution in [3.05, 3.63) is 65.2 Å². The maximum absolute atomic E-state index is 10.8. The molecule has 0 bridgehead atoms. The van der Waals surface area contributed by atoms with Crippen molar-refractivity contribution in [1.82, 2.24) is 20.6 Å². The Kier molecular flexibility index (Phi) is 7.10. The number of aromatic carboxylic acids is 1. The van der Waals surface area contributed by atoms with E-state index in [0.29, 0.717) is 30.6 Å². The van der Waals surface area contributed by atoms with Crippen LogP contribution in [-0.4, -0.2) is 39.2 Å². The van der Waals surface area contributed by atoms with Crippen LogP contribution < -0.4 is 10.6 Å². The number of nitrogens with zero attached hydrogens (tertiary/aromatic N) is 2. The molecule has 0 amide bonds. The lowest BCUT2D eigenvalue weighted by molar-refractivity contribution is 0.0683. The largest absolute Gasteiger partial charge is 0.475 e. The normalized spacial score (nSPS) is 25.9. The molecule has 6 nitrogen and oxygen atoms in total. The van der Waals surface area contributed by atoms with E-state index in [9.17, 15) is 4.79 Å². The number of carboxylic acid groups (broad SMARTS) is 1. The first-order valence-electron chi connectivity index (χ1n) is 11.4. The molecule has 1 aromatic heterocycles. The van der Waals surface area contributed by atoms with Gasteiger partial charge >= 0.3 is 5.97 Å². The molecule has 2 atom stereocenters. The van der Waals surface area contributed by atoms with Crippen LogP contribution in [0.25, 0.3) is 6.08 Å². The van der Waals surface area contributed by atoms with E-state index in [4.69, 9.17) is 5.11 Å². The highest BCUT2D eigenvalue weighted by Crippen LogP contribution is 2.40. The standard InChI is InChI=1S/C25H32N4O2/c1-2-19(12-17-6-4-3-5-7-17)22-13-23(22)29-21-10-8-20(9-11-21)26-14-18-15-27-24(25(30)31)28-16-18/h3-7,12,15-16,20-23,26,29H,2,8-11,13-14H2,1H3,(H,30,31)/b19-12+/t20-,21-,22-,23+/m0/s1. The van der Waals surface area contributed by atoms with E-state index in [1.54, 1.807) is 18.0 Å². The van der Waals surface area contributed by atoms with E-state index in [2.05, 4.69) is 63.9 Å². The highest BCUT2D eigenvalue weighted by atomic mass is 16.4. The number of rotatable bonds is 9. The number of nitrogens with one attached hydrogen (secondary N) is 2. The minimum Gasteiger partial charge on any atom is -0.475 e. The fraction of sp³-hybridized carbons (Fsp3) is 0.480. The summed E-state index contributed by atoms with van der Waals surface area (Å²) in [6.45, 7) is 2.94. The highest BCUT2D eigenvalue weighted by Gasteiger charge is 2.40. The van der Waals surface area contributed by atoms with Crippen molar-refractivity contribution in [2.45, 2.75) is 70.1 Å². The van der Waals surface area contributed by atoms with Gasteiger partial charge in [-0.25, -0.2) is 14.8 Å². The van der Waals surface area contributed by atoms with Crippen molar-refractivity contribution in [3.8, 4) is 0 Å². The number of hydrogen-bond acceptors (Lipinski definition) is 5. The maximum Gasteiger partial charge on any atom is 0.373 e. The van der Waals surface area contributed by atoms with Gasteiger partial charge in [0.25, 0.3) is 0 Å². The fourth-order valence-electron chi connectivity index (χ4n) is 4.61. The van der Waals surface area contributed by atoms with Crippen LogP contribution in [0.1, 0.15) is 67.2 Å². The summed E-state index contributed by atoms with van der Waals surface area (Å²) in [5.74, 6) is -0.557. The molecular formula is C25H32N4O2. The zero-order valence-electron chi connectivity index (χ0n) is 18.1. The van der Waals surface area contributed by atoms with E-state index in [0.717, 1.165) is 24.8 Å². The molecule has 2 fully saturated rings. The Labute approximate surface area is 184 Å². The summed E-state index contributed by atoms with van der Waals surface area (Å²) < 4.78 is 0. The fourth-order valence-corrected chi connectivity index (χ4v) is 4.61. The summed E-state index contributed by atoms with van der Waals surface area (Å²) in [5.41, 5.74) is 3.79. The van der Waals surface area contributed by atoms with Crippen LogP contribution in [-0.2, 0) is 6.54 Å². The second kappa shape index (κ2) is 10.2. The smallest absolute Gasteiger partial charge is 0.373 e. The predicted octanol–water partition coefficient (Wildman–Crippen LogP) is 4.05. The first-order chi connectivity index (χ1) is 15.1. The Bertz CT molecular complexity index is 889. The molecule has 0 spiro atoms. The number of hydrogen-bond donors (Lipinski definition) is 3. The van der Waals surface area contributed by atoms with Crippen molar-refractivity contribution in [2.75, 3.05) is 0 Å². The summed E-state index contributed by atoms with van der Waals surface area (Å²) in [6.07, 6.45) is 12.6. The average molecular weight is 421 g/mol. The molecule has 1 aromatic carbocycles. The van der Waals surface area contributed by atoms with Gasteiger partial charge < -0.3 is 15.7 Å². The molecule has 0 saturated heterocycles. The lowest BCUT2D eigenvalue weighted by Crippen LogP contribution is -2.40.